The first-order valence-corrected chi connectivity index (χ1v) is 9.06. The molecule has 3 rings (SSSR count). The Labute approximate surface area is 141 Å². The van der Waals surface area contributed by atoms with Gasteiger partial charge in [0.1, 0.15) is 11.6 Å². The van der Waals surface area contributed by atoms with Gasteiger partial charge in [-0.15, -0.1) is 11.3 Å². The molecule has 1 aromatic heterocycles. The number of rotatable bonds is 6. The van der Waals surface area contributed by atoms with Crippen LogP contribution in [-0.2, 0) is 16.0 Å². The number of thiazole rings is 1. The van der Waals surface area contributed by atoms with E-state index in [9.17, 15) is 4.79 Å². The molecule has 2 heterocycles. The van der Waals surface area contributed by atoms with Crippen LogP contribution < -0.4 is 0 Å². The van der Waals surface area contributed by atoms with Gasteiger partial charge < -0.3 is 9.64 Å². The molecule has 0 N–H and O–H groups in total. The van der Waals surface area contributed by atoms with E-state index in [1.54, 1.807) is 11.3 Å². The Morgan fingerprint density at radius 3 is 2.74 bits per heavy atom. The van der Waals surface area contributed by atoms with Gasteiger partial charge in [0.05, 0.1) is 12.3 Å². The zero-order valence-electron chi connectivity index (χ0n) is 13.2. The third-order valence-electron chi connectivity index (χ3n) is 4.01. The van der Waals surface area contributed by atoms with E-state index in [2.05, 4.69) is 22.5 Å². The summed E-state index contributed by atoms with van der Waals surface area (Å²) in [6.45, 7) is 2.50. The summed E-state index contributed by atoms with van der Waals surface area (Å²) >= 11 is 1.65. The van der Waals surface area contributed by atoms with Crippen molar-refractivity contribution < 1.29 is 9.53 Å². The highest BCUT2D eigenvalue weighted by molar-refractivity contribution is 7.13. The number of aromatic nitrogens is 1. The minimum atomic E-state index is 0.118. The van der Waals surface area contributed by atoms with Gasteiger partial charge in [-0.05, 0) is 19.3 Å². The number of amides is 1. The lowest BCUT2D eigenvalue weighted by Crippen LogP contribution is -2.38. The molecule has 1 aliphatic rings. The number of benzene rings is 1. The molecular formula is C18H22N2O2S. The van der Waals surface area contributed by atoms with Gasteiger partial charge in [-0.2, -0.15) is 0 Å². The van der Waals surface area contributed by atoms with Crippen molar-refractivity contribution in [2.45, 2.75) is 25.7 Å². The second-order valence-corrected chi connectivity index (χ2v) is 6.61. The van der Waals surface area contributed by atoms with E-state index in [-0.39, 0.29) is 12.5 Å². The lowest BCUT2D eigenvalue weighted by Gasteiger charge is -2.26. The van der Waals surface area contributed by atoms with Gasteiger partial charge in [0.25, 0.3) is 0 Å². The second kappa shape index (κ2) is 8.22. The van der Waals surface area contributed by atoms with Crippen LogP contribution in [0, 0.1) is 0 Å². The van der Waals surface area contributed by atoms with Crippen LogP contribution in [0.4, 0.5) is 0 Å². The monoisotopic (exact) mass is 330 g/mol. The molecule has 0 saturated carbocycles. The fraction of sp³-hybridized carbons (Fsp3) is 0.444. The molecule has 0 atom stereocenters. The van der Waals surface area contributed by atoms with Crippen LogP contribution in [-0.4, -0.2) is 42.1 Å². The molecule has 1 saturated heterocycles. The molecule has 1 aliphatic heterocycles. The van der Waals surface area contributed by atoms with E-state index >= 15 is 0 Å². The number of ether oxygens (including phenoxy) is 1. The summed E-state index contributed by atoms with van der Waals surface area (Å²) < 4.78 is 5.54. The molecule has 4 nitrogen and oxygen atoms in total. The van der Waals surface area contributed by atoms with Crippen molar-refractivity contribution in [2.24, 2.45) is 0 Å². The molecule has 1 aromatic carbocycles. The van der Waals surface area contributed by atoms with Crippen molar-refractivity contribution in [1.82, 2.24) is 9.88 Å². The van der Waals surface area contributed by atoms with E-state index in [0.29, 0.717) is 6.61 Å². The lowest BCUT2D eigenvalue weighted by molar-refractivity contribution is -0.137. The SMILES string of the molecule is O=C(COCCc1csc(-c2ccccc2)n1)N1CCCCC1. The maximum atomic E-state index is 12.0. The molecule has 122 valence electrons. The first kappa shape index (κ1) is 16.1. The zero-order valence-corrected chi connectivity index (χ0v) is 14.1. The summed E-state index contributed by atoms with van der Waals surface area (Å²) in [5.41, 5.74) is 2.17. The normalized spacial score (nSPS) is 14.9. The van der Waals surface area contributed by atoms with Crippen LogP contribution in [0.3, 0.4) is 0 Å². The van der Waals surface area contributed by atoms with Gasteiger partial charge in [-0.1, -0.05) is 30.3 Å². The highest BCUT2D eigenvalue weighted by atomic mass is 32.1. The summed E-state index contributed by atoms with van der Waals surface area (Å²) in [6.07, 6.45) is 4.22. The zero-order chi connectivity index (χ0) is 15.9. The number of carbonyl (C=O) groups is 1. The van der Waals surface area contributed by atoms with Crippen LogP contribution >= 0.6 is 11.3 Å². The van der Waals surface area contributed by atoms with Crippen molar-refractivity contribution in [3.05, 3.63) is 41.4 Å². The summed E-state index contributed by atoms with van der Waals surface area (Å²) in [5, 5.41) is 3.10. The van der Waals surface area contributed by atoms with Gasteiger partial charge in [0.15, 0.2) is 0 Å². The van der Waals surface area contributed by atoms with Crippen molar-refractivity contribution in [1.29, 1.82) is 0 Å². The average Bonchev–Trinajstić information content (AvgIpc) is 3.09. The Bertz CT molecular complexity index is 621. The van der Waals surface area contributed by atoms with E-state index in [1.807, 2.05) is 23.1 Å². The Hall–Kier alpha value is -1.72. The topological polar surface area (TPSA) is 42.4 Å². The third-order valence-corrected chi connectivity index (χ3v) is 4.95. The van der Waals surface area contributed by atoms with E-state index < -0.39 is 0 Å². The Morgan fingerprint density at radius 2 is 1.96 bits per heavy atom. The van der Waals surface area contributed by atoms with Gasteiger partial charge in [-0.25, -0.2) is 4.98 Å². The number of hydrogen-bond donors (Lipinski definition) is 0. The highest BCUT2D eigenvalue weighted by Gasteiger charge is 2.16. The van der Waals surface area contributed by atoms with Crippen LogP contribution in [0.15, 0.2) is 35.7 Å². The van der Waals surface area contributed by atoms with Crippen molar-refractivity contribution >= 4 is 17.2 Å². The molecule has 5 heteroatoms. The van der Waals surface area contributed by atoms with Gasteiger partial charge in [0.2, 0.25) is 5.91 Å². The molecule has 0 radical (unpaired) electrons. The van der Waals surface area contributed by atoms with Crippen molar-refractivity contribution in [3.8, 4) is 10.6 Å². The first-order valence-electron chi connectivity index (χ1n) is 8.18. The summed E-state index contributed by atoms with van der Waals surface area (Å²) in [4.78, 5) is 18.5. The third kappa shape index (κ3) is 4.62. The van der Waals surface area contributed by atoms with Crippen LogP contribution in [0.2, 0.25) is 0 Å². The molecule has 1 fully saturated rings. The maximum Gasteiger partial charge on any atom is 0.248 e. The predicted molar refractivity (Wildman–Crippen MR) is 92.5 cm³/mol. The maximum absolute atomic E-state index is 12.0. The van der Waals surface area contributed by atoms with Crippen molar-refractivity contribution in [2.75, 3.05) is 26.3 Å². The number of hydrogen-bond acceptors (Lipinski definition) is 4. The van der Waals surface area contributed by atoms with E-state index in [0.717, 1.165) is 48.6 Å². The standard InChI is InChI=1S/C18H22N2O2S/c21-17(20-10-5-2-6-11-20)13-22-12-9-16-14-23-18(19-16)15-7-3-1-4-8-15/h1,3-4,7-8,14H,2,5-6,9-13H2. The average molecular weight is 330 g/mol. The Kier molecular flexibility index (Phi) is 5.77. The fourth-order valence-corrected chi connectivity index (χ4v) is 3.57. The summed E-state index contributed by atoms with van der Waals surface area (Å²) in [5.74, 6) is 0.118. The van der Waals surface area contributed by atoms with E-state index in [4.69, 9.17) is 4.74 Å². The molecule has 23 heavy (non-hydrogen) atoms. The molecule has 0 bridgehead atoms. The first-order chi connectivity index (χ1) is 11.3. The molecule has 2 aromatic rings. The highest BCUT2D eigenvalue weighted by Crippen LogP contribution is 2.23. The number of piperidine rings is 1. The minimum Gasteiger partial charge on any atom is -0.371 e. The number of carbonyl (C=O) groups excluding carboxylic acids is 1. The number of likely N-dealkylation sites (tertiary alicyclic amines) is 1. The molecule has 1 amide bonds. The number of nitrogens with zero attached hydrogens (tertiary/aromatic N) is 2. The molecular weight excluding hydrogens is 308 g/mol. The quantitative estimate of drug-likeness (QED) is 0.763. The summed E-state index contributed by atoms with van der Waals surface area (Å²) in [6, 6.07) is 10.2. The van der Waals surface area contributed by atoms with Crippen LogP contribution in [0.25, 0.3) is 10.6 Å². The van der Waals surface area contributed by atoms with Gasteiger partial charge in [0, 0.05) is 30.5 Å². The van der Waals surface area contributed by atoms with Crippen LogP contribution in [0.1, 0.15) is 25.0 Å². The molecule has 0 spiro atoms. The van der Waals surface area contributed by atoms with Gasteiger partial charge in [-0.3, -0.25) is 4.79 Å². The largest absolute Gasteiger partial charge is 0.371 e. The van der Waals surface area contributed by atoms with Gasteiger partial charge >= 0.3 is 0 Å². The van der Waals surface area contributed by atoms with Crippen LogP contribution in [0.5, 0.6) is 0 Å². The second-order valence-electron chi connectivity index (χ2n) is 5.75. The predicted octanol–water partition coefficient (Wildman–Crippen LogP) is 3.38. The Balaban J connectivity index is 1.41. The smallest absolute Gasteiger partial charge is 0.248 e. The van der Waals surface area contributed by atoms with Crippen molar-refractivity contribution in [3.63, 3.8) is 0 Å². The lowest BCUT2D eigenvalue weighted by atomic mass is 10.1. The Morgan fingerprint density at radius 1 is 1.17 bits per heavy atom. The minimum absolute atomic E-state index is 0.118. The summed E-state index contributed by atoms with van der Waals surface area (Å²) in [7, 11) is 0. The molecule has 0 unspecified atom stereocenters. The fourth-order valence-electron chi connectivity index (χ4n) is 2.71. The molecule has 0 aliphatic carbocycles. The van der Waals surface area contributed by atoms with E-state index in [1.165, 1.54) is 6.42 Å².